The van der Waals surface area contributed by atoms with Crippen LogP contribution in [0.3, 0.4) is 0 Å². The number of unbranched alkanes of at least 4 members (excludes halogenated alkanes) is 1. The fourth-order valence-corrected chi connectivity index (χ4v) is 2.33. The number of esters is 2. The quantitative estimate of drug-likeness (QED) is 0.589. The van der Waals surface area contributed by atoms with E-state index in [9.17, 15) is 19.8 Å². The molecule has 132 valence electrons. The first-order valence-electron chi connectivity index (χ1n) is 8.07. The number of carbonyl (C=O) groups excluding carboxylic acids is 2. The lowest BCUT2D eigenvalue weighted by atomic mass is 10.00. The summed E-state index contributed by atoms with van der Waals surface area (Å²) >= 11 is 0. The highest BCUT2D eigenvalue weighted by Gasteiger charge is 2.41. The van der Waals surface area contributed by atoms with Crippen LogP contribution in [0.2, 0.25) is 0 Å². The Morgan fingerprint density at radius 1 is 1.35 bits per heavy atom. The van der Waals surface area contributed by atoms with E-state index in [0.29, 0.717) is 6.42 Å². The number of aliphatic hydroxyl groups excluding tert-OH is 2. The van der Waals surface area contributed by atoms with Gasteiger partial charge in [0.1, 0.15) is 12.7 Å². The van der Waals surface area contributed by atoms with Crippen molar-refractivity contribution < 1.29 is 34.0 Å². The lowest BCUT2D eigenvalue weighted by Crippen LogP contribution is -2.35. The summed E-state index contributed by atoms with van der Waals surface area (Å²) in [6.45, 7) is 5.50. The van der Waals surface area contributed by atoms with Crippen LogP contribution in [0.4, 0.5) is 0 Å². The molecule has 7 nitrogen and oxygen atoms in total. The molecule has 0 aliphatic carbocycles. The van der Waals surface area contributed by atoms with Crippen molar-refractivity contribution in [2.75, 3.05) is 13.2 Å². The van der Waals surface area contributed by atoms with Crippen molar-refractivity contribution in [2.45, 2.75) is 58.7 Å². The maximum absolute atomic E-state index is 12.0. The molecular weight excluding hydrogens is 304 g/mol. The molecule has 0 radical (unpaired) electrons. The molecule has 1 rings (SSSR count). The lowest BCUT2D eigenvalue weighted by molar-refractivity contribution is -0.158. The maximum Gasteiger partial charge on any atom is 0.378 e. The summed E-state index contributed by atoms with van der Waals surface area (Å²) in [6, 6.07) is 0. The van der Waals surface area contributed by atoms with Crippen molar-refractivity contribution in [3.8, 4) is 0 Å². The molecule has 0 saturated heterocycles. The molecule has 1 aliphatic heterocycles. The SMILES string of the molecule is CCCCC(CC)C(=O)OC[C@H](O)[C@H]1OC(=O)C(O)=C1OCC. The number of ether oxygens (including phenoxy) is 3. The van der Waals surface area contributed by atoms with E-state index in [4.69, 9.17) is 14.2 Å². The summed E-state index contributed by atoms with van der Waals surface area (Å²) in [7, 11) is 0. The van der Waals surface area contributed by atoms with Crippen LogP contribution in [-0.2, 0) is 23.8 Å². The average molecular weight is 330 g/mol. The van der Waals surface area contributed by atoms with Gasteiger partial charge in [0.05, 0.1) is 12.5 Å². The van der Waals surface area contributed by atoms with E-state index in [0.717, 1.165) is 19.3 Å². The fourth-order valence-electron chi connectivity index (χ4n) is 2.33. The predicted octanol–water partition coefficient (Wildman–Crippen LogP) is 1.84. The monoisotopic (exact) mass is 330 g/mol. The third-order valence-electron chi connectivity index (χ3n) is 3.70. The zero-order chi connectivity index (χ0) is 17.4. The summed E-state index contributed by atoms with van der Waals surface area (Å²) in [5.74, 6) is -2.33. The van der Waals surface area contributed by atoms with Gasteiger partial charge in [-0.05, 0) is 19.8 Å². The van der Waals surface area contributed by atoms with E-state index in [1.807, 2.05) is 13.8 Å². The molecule has 0 saturated carbocycles. The second-order valence-electron chi connectivity index (χ2n) is 5.42. The summed E-state index contributed by atoms with van der Waals surface area (Å²) in [5, 5.41) is 19.7. The molecule has 0 aromatic heterocycles. The Balaban J connectivity index is 2.57. The Labute approximate surface area is 136 Å². The standard InChI is InChI=1S/C16H26O7/c1-4-7-8-10(5-2)15(19)22-9-11(17)13-14(21-6-3)12(18)16(20)23-13/h10-11,13,17-18H,4-9H2,1-3H3/t10?,11-,13+/m0/s1. The van der Waals surface area contributed by atoms with Gasteiger partial charge in [0.25, 0.3) is 0 Å². The predicted molar refractivity (Wildman–Crippen MR) is 81.4 cm³/mol. The molecule has 1 unspecified atom stereocenters. The Hall–Kier alpha value is -1.76. The van der Waals surface area contributed by atoms with Gasteiger partial charge in [-0.1, -0.05) is 26.7 Å². The number of rotatable bonds is 10. The molecule has 3 atom stereocenters. The average Bonchev–Trinajstić information content (AvgIpc) is 2.82. The minimum absolute atomic E-state index is 0.126. The Bertz CT molecular complexity index is 444. The highest BCUT2D eigenvalue weighted by Crippen LogP contribution is 2.25. The van der Waals surface area contributed by atoms with Crippen molar-refractivity contribution >= 4 is 11.9 Å². The summed E-state index contributed by atoms with van der Waals surface area (Å²) in [5.41, 5.74) is 0. The fraction of sp³-hybridized carbons (Fsp3) is 0.750. The molecule has 0 bridgehead atoms. The third kappa shape index (κ3) is 5.13. The van der Waals surface area contributed by atoms with Crippen LogP contribution in [0.15, 0.2) is 11.5 Å². The molecule has 0 aromatic rings. The largest absolute Gasteiger partial charge is 0.499 e. The molecule has 1 aliphatic rings. The Kier molecular flexibility index (Phi) is 7.88. The number of carbonyl (C=O) groups is 2. The first-order valence-corrected chi connectivity index (χ1v) is 8.07. The van der Waals surface area contributed by atoms with E-state index >= 15 is 0 Å². The van der Waals surface area contributed by atoms with Crippen LogP contribution in [0.5, 0.6) is 0 Å². The summed E-state index contributed by atoms with van der Waals surface area (Å²) < 4.78 is 15.1. The van der Waals surface area contributed by atoms with Crippen LogP contribution in [-0.4, -0.2) is 47.6 Å². The zero-order valence-electron chi connectivity index (χ0n) is 13.9. The van der Waals surface area contributed by atoms with Crippen LogP contribution in [0, 0.1) is 5.92 Å². The number of cyclic esters (lactones) is 1. The van der Waals surface area contributed by atoms with Crippen LogP contribution in [0.25, 0.3) is 0 Å². The first-order chi connectivity index (χ1) is 11.0. The van der Waals surface area contributed by atoms with Gasteiger partial charge in [0.2, 0.25) is 5.76 Å². The molecule has 0 fully saturated rings. The second kappa shape index (κ2) is 9.39. The van der Waals surface area contributed by atoms with Crippen molar-refractivity contribution in [1.82, 2.24) is 0 Å². The summed E-state index contributed by atoms with van der Waals surface area (Å²) in [4.78, 5) is 23.4. The van der Waals surface area contributed by atoms with E-state index in [1.165, 1.54) is 0 Å². The molecule has 7 heteroatoms. The van der Waals surface area contributed by atoms with Gasteiger partial charge in [-0.25, -0.2) is 4.79 Å². The van der Waals surface area contributed by atoms with Crippen LogP contribution < -0.4 is 0 Å². The topological polar surface area (TPSA) is 102 Å². The summed E-state index contributed by atoms with van der Waals surface area (Å²) in [6.07, 6.45) is 0.876. The highest BCUT2D eigenvalue weighted by molar-refractivity contribution is 5.89. The molecular formula is C16H26O7. The smallest absolute Gasteiger partial charge is 0.378 e. The third-order valence-corrected chi connectivity index (χ3v) is 3.70. The minimum atomic E-state index is -1.29. The van der Waals surface area contributed by atoms with Gasteiger partial charge in [-0.2, -0.15) is 0 Å². The second-order valence-corrected chi connectivity index (χ2v) is 5.42. The van der Waals surface area contributed by atoms with Crippen molar-refractivity contribution in [3.63, 3.8) is 0 Å². The van der Waals surface area contributed by atoms with Gasteiger partial charge < -0.3 is 24.4 Å². The zero-order valence-corrected chi connectivity index (χ0v) is 13.9. The van der Waals surface area contributed by atoms with Crippen molar-refractivity contribution in [1.29, 1.82) is 0 Å². The Morgan fingerprint density at radius 3 is 2.61 bits per heavy atom. The van der Waals surface area contributed by atoms with Crippen LogP contribution >= 0.6 is 0 Å². The van der Waals surface area contributed by atoms with Gasteiger partial charge in [0, 0.05) is 0 Å². The molecule has 1 heterocycles. The van der Waals surface area contributed by atoms with E-state index in [2.05, 4.69) is 0 Å². The number of aliphatic hydroxyl groups is 2. The molecule has 23 heavy (non-hydrogen) atoms. The van der Waals surface area contributed by atoms with E-state index < -0.39 is 23.9 Å². The lowest BCUT2D eigenvalue weighted by Gasteiger charge is -2.21. The molecule has 0 spiro atoms. The van der Waals surface area contributed by atoms with Crippen molar-refractivity contribution in [3.05, 3.63) is 11.5 Å². The van der Waals surface area contributed by atoms with Gasteiger partial charge in [-0.15, -0.1) is 0 Å². The highest BCUT2D eigenvalue weighted by atomic mass is 16.6. The molecule has 0 aromatic carbocycles. The first kappa shape index (κ1) is 19.3. The van der Waals surface area contributed by atoms with Gasteiger partial charge >= 0.3 is 11.9 Å². The van der Waals surface area contributed by atoms with Gasteiger partial charge in [0.15, 0.2) is 11.9 Å². The molecule has 2 N–H and O–H groups in total. The number of hydrogen-bond donors (Lipinski definition) is 2. The maximum atomic E-state index is 12.0. The van der Waals surface area contributed by atoms with E-state index in [1.54, 1.807) is 6.92 Å². The van der Waals surface area contributed by atoms with Crippen molar-refractivity contribution in [2.24, 2.45) is 5.92 Å². The minimum Gasteiger partial charge on any atom is -0.499 e. The van der Waals surface area contributed by atoms with Gasteiger partial charge in [-0.3, -0.25) is 4.79 Å². The molecule has 0 amide bonds. The Morgan fingerprint density at radius 2 is 2.04 bits per heavy atom. The van der Waals surface area contributed by atoms with E-state index in [-0.39, 0.29) is 30.9 Å². The van der Waals surface area contributed by atoms with Crippen LogP contribution in [0.1, 0.15) is 46.5 Å². The number of hydrogen-bond acceptors (Lipinski definition) is 7. The normalized spacial score (nSPS) is 20.2.